The lowest BCUT2D eigenvalue weighted by Gasteiger charge is -2.09. The number of carboxylic acids is 1. The third-order valence-corrected chi connectivity index (χ3v) is 3.01. The third-order valence-electron chi connectivity index (χ3n) is 3.01. The number of carboxylic acid groups (broad SMARTS) is 1. The lowest BCUT2D eigenvalue weighted by Crippen LogP contribution is -2.35. The number of hydrogen-bond acceptors (Lipinski definition) is 3. The molecule has 0 bridgehead atoms. The highest BCUT2D eigenvalue weighted by Gasteiger charge is 2.18. The molecule has 2 aromatic rings. The van der Waals surface area contributed by atoms with E-state index in [2.05, 4.69) is 5.32 Å². The number of carbonyl (C=O) groups is 2. The van der Waals surface area contributed by atoms with E-state index >= 15 is 0 Å². The van der Waals surface area contributed by atoms with Crippen molar-refractivity contribution in [2.75, 3.05) is 7.05 Å². The Morgan fingerprint density at radius 2 is 2.22 bits per heavy atom. The number of carbonyl (C=O) groups excluding carboxylic acids is 1. The smallest absolute Gasteiger partial charge is 0.321 e. The number of aromatic nitrogens is 1. The number of para-hydroxylation sites is 1. The molecular weight excluding hydrogens is 232 g/mol. The Bertz CT molecular complexity index is 589. The van der Waals surface area contributed by atoms with Crippen molar-refractivity contribution in [2.45, 2.75) is 12.5 Å². The summed E-state index contributed by atoms with van der Waals surface area (Å²) in [5, 5.41) is 12.7. The Hall–Kier alpha value is -2.14. The summed E-state index contributed by atoms with van der Waals surface area (Å²) in [5.41, 5.74) is 1.64. The average molecular weight is 246 g/mol. The molecule has 0 saturated heterocycles. The molecule has 0 fully saturated rings. The number of likely N-dealkylation sites (N-methyl/N-ethyl adjacent to an activating group) is 1. The van der Waals surface area contributed by atoms with Crippen molar-refractivity contribution in [3.8, 4) is 0 Å². The van der Waals surface area contributed by atoms with Gasteiger partial charge in [-0.05, 0) is 18.7 Å². The van der Waals surface area contributed by atoms with Crippen LogP contribution in [-0.4, -0.2) is 35.1 Å². The van der Waals surface area contributed by atoms with Gasteiger partial charge in [-0.2, -0.15) is 0 Å². The second-order valence-corrected chi connectivity index (χ2v) is 4.07. The van der Waals surface area contributed by atoms with Crippen molar-refractivity contribution >= 4 is 23.3 Å². The maximum absolute atomic E-state index is 11.0. The number of nitrogens with zero attached hydrogens (tertiary/aromatic N) is 1. The highest BCUT2D eigenvalue weighted by Crippen LogP contribution is 2.21. The summed E-state index contributed by atoms with van der Waals surface area (Å²) in [6.07, 6.45) is 2.75. The molecule has 18 heavy (non-hydrogen) atoms. The quantitative estimate of drug-likeness (QED) is 0.769. The van der Waals surface area contributed by atoms with Crippen LogP contribution in [-0.2, 0) is 16.0 Å². The average Bonchev–Trinajstić information content (AvgIpc) is 2.74. The third kappa shape index (κ3) is 2.12. The number of aliphatic carboxylic acids is 1. The van der Waals surface area contributed by atoms with Gasteiger partial charge in [0.15, 0.2) is 0 Å². The van der Waals surface area contributed by atoms with Gasteiger partial charge < -0.3 is 10.4 Å². The predicted molar refractivity (Wildman–Crippen MR) is 68.3 cm³/mol. The lowest BCUT2D eigenvalue weighted by molar-refractivity contribution is -0.139. The number of nitrogens with one attached hydrogen (secondary N) is 1. The standard InChI is InChI=1S/C13H14N2O3/c1-14-11(13(17)18)6-9-7-15(8-16)12-5-3-2-4-10(9)12/h2-5,7-8,11,14H,6H2,1H3,(H,17,18). The molecule has 5 heteroatoms. The van der Waals surface area contributed by atoms with E-state index in [-0.39, 0.29) is 0 Å². The molecular formula is C13H14N2O3. The van der Waals surface area contributed by atoms with Crippen LogP contribution in [0.5, 0.6) is 0 Å². The summed E-state index contributed by atoms with van der Waals surface area (Å²) < 4.78 is 1.47. The Balaban J connectivity index is 2.45. The molecule has 0 radical (unpaired) electrons. The van der Waals surface area contributed by atoms with Gasteiger partial charge in [0.2, 0.25) is 6.41 Å². The first-order valence-electron chi connectivity index (χ1n) is 5.61. The van der Waals surface area contributed by atoms with Crippen LogP contribution >= 0.6 is 0 Å². The minimum Gasteiger partial charge on any atom is -0.480 e. The SMILES string of the molecule is CNC(Cc1cn(C=O)c2ccccc12)C(=O)O. The maximum Gasteiger partial charge on any atom is 0.321 e. The van der Waals surface area contributed by atoms with Gasteiger partial charge in [0, 0.05) is 18.0 Å². The molecule has 1 aromatic heterocycles. The maximum atomic E-state index is 11.0. The Morgan fingerprint density at radius 3 is 2.83 bits per heavy atom. The van der Waals surface area contributed by atoms with Crippen LogP contribution in [0.15, 0.2) is 30.5 Å². The Morgan fingerprint density at radius 1 is 1.50 bits per heavy atom. The second kappa shape index (κ2) is 5.01. The van der Waals surface area contributed by atoms with Crippen molar-refractivity contribution in [3.63, 3.8) is 0 Å². The molecule has 1 heterocycles. The zero-order chi connectivity index (χ0) is 13.1. The van der Waals surface area contributed by atoms with Crippen LogP contribution in [0.3, 0.4) is 0 Å². The molecule has 0 aliphatic carbocycles. The molecule has 1 atom stereocenters. The summed E-state index contributed by atoms with van der Waals surface area (Å²) in [5.74, 6) is -0.902. The first-order valence-corrected chi connectivity index (χ1v) is 5.61. The lowest BCUT2D eigenvalue weighted by atomic mass is 10.1. The summed E-state index contributed by atoms with van der Waals surface area (Å²) in [6.45, 7) is 0. The van der Waals surface area contributed by atoms with Crippen molar-refractivity contribution < 1.29 is 14.7 Å². The van der Waals surface area contributed by atoms with Gasteiger partial charge in [-0.25, -0.2) is 0 Å². The van der Waals surface area contributed by atoms with Crippen LogP contribution in [0, 0.1) is 0 Å². The van der Waals surface area contributed by atoms with Crippen LogP contribution in [0.2, 0.25) is 0 Å². The number of rotatable bonds is 5. The number of benzene rings is 1. The zero-order valence-electron chi connectivity index (χ0n) is 9.96. The highest BCUT2D eigenvalue weighted by atomic mass is 16.4. The van der Waals surface area contributed by atoms with E-state index in [4.69, 9.17) is 5.11 Å². The van der Waals surface area contributed by atoms with E-state index in [1.165, 1.54) is 4.57 Å². The first kappa shape index (κ1) is 12.3. The fraction of sp³-hybridized carbons (Fsp3) is 0.231. The minimum atomic E-state index is -0.902. The minimum absolute atomic E-state index is 0.340. The molecule has 94 valence electrons. The molecule has 2 N–H and O–H groups in total. The summed E-state index contributed by atoms with van der Waals surface area (Å²) in [7, 11) is 1.61. The van der Waals surface area contributed by atoms with Crippen molar-refractivity contribution in [2.24, 2.45) is 0 Å². The molecule has 0 saturated carbocycles. The van der Waals surface area contributed by atoms with Gasteiger partial charge >= 0.3 is 5.97 Å². The van der Waals surface area contributed by atoms with E-state index in [9.17, 15) is 9.59 Å². The van der Waals surface area contributed by atoms with Crippen molar-refractivity contribution in [1.82, 2.24) is 9.88 Å². The Kier molecular flexibility index (Phi) is 3.43. The van der Waals surface area contributed by atoms with Crippen LogP contribution in [0.4, 0.5) is 0 Å². The second-order valence-electron chi connectivity index (χ2n) is 4.07. The van der Waals surface area contributed by atoms with Gasteiger partial charge in [-0.1, -0.05) is 18.2 Å². The molecule has 2 rings (SSSR count). The van der Waals surface area contributed by atoms with Crippen LogP contribution in [0.25, 0.3) is 10.9 Å². The van der Waals surface area contributed by atoms with E-state index in [1.54, 1.807) is 13.2 Å². The largest absolute Gasteiger partial charge is 0.480 e. The van der Waals surface area contributed by atoms with Crippen LogP contribution < -0.4 is 5.32 Å². The van der Waals surface area contributed by atoms with Gasteiger partial charge in [0.05, 0.1) is 5.52 Å². The van der Waals surface area contributed by atoms with Gasteiger partial charge in [0.25, 0.3) is 0 Å². The van der Waals surface area contributed by atoms with E-state index in [1.807, 2.05) is 24.3 Å². The Labute approximate surface area is 104 Å². The molecule has 0 spiro atoms. The summed E-state index contributed by atoms with van der Waals surface area (Å²) in [6, 6.07) is 6.78. The number of hydrogen-bond donors (Lipinski definition) is 2. The van der Waals surface area contributed by atoms with E-state index in [0.29, 0.717) is 6.42 Å². The van der Waals surface area contributed by atoms with Gasteiger partial charge in [0.1, 0.15) is 6.04 Å². The molecule has 1 unspecified atom stereocenters. The fourth-order valence-electron chi connectivity index (χ4n) is 2.06. The fourth-order valence-corrected chi connectivity index (χ4v) is 2.06. The highest BCUT2D eigenvalue weighted by molar-refractivity contribution is 5.89. The topological polar surface area (TPSA) is 71.3 Å². The normalized spacial score (nSPS) is 12.5. The molecule has 0 amide bonds. The predicted octanol–water partition coefficient (Wildman–Crippen LogP) is 0.895. The molecule has 0 aliphatic rings. The van der Waals surface area contributed by atoms with Crippen LogP contribution in [0.1, 0.15) is 5.56 Å². The van der Waals surface area contributed by atoms with E-state index in [0.717, 1.165) is 22.9 Å². The van der Waals surface area contributed by atoms with Gasteiger partial charge in [-0.3, -0.25) is 14.2 Å². The molecule has 1 aromatic carbocycles. The monoisotopic (exact) mass is 246 g/mol. The first-order chi connectivity index (χ1) is 8.67. The van der Waals surface area contributed by atoms with Crippen molar-refractivity contribution in [3.05, 3.63) is 36.0 Å². The zero-order valence-corrected chi connectivity index (χ0v) is 9.96. The summed E-state index contributed by atoms with van der Waals surface area (Å²) >= 11 is 0. The summed E-state index contributed by atoms with van der Waals surface area (Å²) in [4.78, 5) is 22.0. The molecule has 0 aliphatic heterocycles. The van der Waals surface area contributed by atoms with Crippen molar-refractivity contribution in [1.29, 1.82) is 0 Å². The molecule has 5 nitrogen and oxygen atoms in total. The number of fused-ring (bicyclic) bond motifs is 1. The van der Waals surface area contributed by atoms with Gasteiger partial charge in [-0.15, -0.1) is 0 Å². The van der Waals surface area contributed by atoms with E-state index < -0.39 is 12.0 Å².